The lowest BCUT2D eigenvalue weighted by molar-refractivity contribution is -0.124. The molecule has 3 N–H and O–H groups in total. The van der Waals surface area contributed by atoms with Crippen molar-refractivity contribution in [1.29, 1.82) is 0 Å². The third-order valence-corrected chi connectivity index (χ3v) is 4.32. The fraction of sp³-hybridized carbons (Fsp3) is 0.923. The monoisotopic (exact) mass is 241 g/mol. The zero-order valence-electron chi connectivity index (χ0n) is 11.6. The molecule has 17 heavy (non-hydrogen) atoms. The van der Waals surface area contributed by atoms with Crippen LogP contribution >= 0.6 is 0 Å². The number of nitrogens with one attached hydrogen (secondary N) is 1. The number of carbonyl (C=O) groups excluding carboxylic acids is 1. The van der Waals surface area contributed by atoms with Crippen LogP contribution in [0.25, 0.3) is 0 Å². The molecule has 1 rings (SSSR count). The lowest BCUT2D eigenvalue weighted by Gasteiger charge is -2.37. The minimum Gasteiger partial charge on any atom is -0.368 e. The smallest absolute Gasteiger partial charge is 0.237 e. The number of rotatable bonds is 7. The first-order chi connectivity index (χ1) is 7.89. The van der Waals surface area contributed by atoms with Gasteiger partial charge in [0.15, 0.2) is 0 Å². The number of amides is 1. The van der Waals surface area contributed by atoms with Gasteiger partial charge in [-0.05, 0) is 53.1 Å². The van der Waals surface area contributed by atoms with E-state index in [0.717, 1.165) is 18.9 Å². The van der Waals surface area contributed by atoms with Crippen molar-refractivity contribution < 1.29 is 4.79 Å². The number of primary amides is 1. The summed E-state index contributed by atoms with van der Waals surface area (Å²) in [7, 11) is 3.93. The predicted octanol–water partition coefficient (Wildman–Crippen LogP) is 0.960. The van der Waals surface area contributed by atoms with E-state index >= 15 is 0 Å². The summed E-state index contributed by atoms with van der Waals surface area (Å²) in [6, 6.07) is 0.362. The van der Waals surface area contributed by atoms with Gasteiger partial charge in [-0.2, -0.15) is 0 Å². The van der Waals surface area contributed by atoms with Gasteiger partial charge >= 0.3 is 0 Å². The van der Waals surface area contributed by atoms with Gasteiger partial charge in [-0.25, -0.2) is 0 Å². The summed E-state index contributed by atoms with van der Waals surface area (Å²) in [5.41, 5.74) is 4.84. The summed E-state index contributed by atoms with van der Waals surface area (Å²) in [6.45, 7) is 5.18. The summed E-state index contributed by atoms with van der Waals surface area (Å²) in [6.07, 6.45) is 4.84. The van der Waals surface area contributed by atoms with Crippen LogP contribution in [0.15, 0.2) is 0 Å². The van der Waals surface area contributed by atoms with Crippen LogP contribution in [0.2, 0.25) is 0 Å². The van der Waals surface area contributed by atoms with Gasteiger partial charge in [0.05, 0.1) is 5.54 Å². The van der Waals surface area contributed by atoms with Crippen LogP contribution < -0.4 is 11.1 Å². The molecule has 0 heterocycles. The Morgan fingerprint density at radius 1 is 1.59 bits per heavy atom. The predicted molar refractivity (Wildman–Crippen MR) is 70.7 cm³/mol. The molecule has 1 amide bonds. The molecule has 0 bridgehead atoms. The Morgan fingerprint density at radius 3 is 2.53 bits per heavy atom. The fourth-order valence-corrected chi connectivity index (χ4v) is 2.34. The summed E-state index contributed by atoms with van der Waals surface area (Å²) >= 11 is 0. The number of likely N-dealkylation sites (N-methyl/N-ethyl adjacent to an activating group) is 1. The maximum atomic E-state index is 11.4. The first-order valence-corrected chi connectivity index (χ1v) is 6.58. The van der Waals surface area contributed by atoms with Crippen LogP contribution in [0, 0.1) is 5.92 Å². The van der Waals surface area contributed by atoms with Gasteiger partial charge in [-0.3, -0.25) is 4.79 Å². The third kappa shape index (κ3) is 3.68. The Labute approximate surface area is 105 Å². The SMILES string of the molecule is CNC(C)(CC(C)N(C)CC1CCC1)C(N)=O. The summed E-state index contributed by atoms with van der Waals surface area (Å²) < 4.78 is 0. The highest BCUT2D eigenvalue weighted by Crippen LogP contribution is 2.28. The van der Waals surface area contributed by atoms with Crippen LogP contribution in [0.1, 0.15) is 39.5 Å². The maximum absolute atomic E-state index is 11.4. The summed E-state index contributed by atoms with van der Waals surface area (Å²) in [5, 5.41) is 3.04. The first kappa shape index (κ1) is 14.5. The fourth-order valence-electron chi connectivity index (χ4n) is 2.34. The highest BCUT2D eigenvalue weighted by atomic mass is 16.1. The van der Waals surface area contributed by atoms with Crippen molar-refractivity contribution in [3.63, 3.8) is 0 Å². The number of hydrogen-bond acceptors (Lipinski definition) is 3. The van der Waals surface area contributed by atoms with Crippen molar-refractivity contribution in [3.05, 3.63) is 0 Å². The average molecular weight is 241 g/mol. The van der Waals surface area contributed by atoms with Crippen molar-refractivity contribution in [3.8, 4) is 0 Å². The standard InChI is InChI=1S/C13H27N3O/c1-10(8-13(2,15-3)12(14)17)16(4)9-11-6-5-7-11/h10-11,15H,5-9H2,1-4H3,(H2,14,17). The van der Waals surface area contributed by atoms with Gasteiger partial charge in [0.2, 0.25) is 5.91 Å². The van der Waals surface area contributed by atoms with Crippen molar-refractivity contribution in [2.45, 2.75) is 51.1 Å². The van der Waals surface area contributed by atoms with E-state index < -0.39 is 5.54 Å². The molecule has 0 spiro atoms. The molecule has 1 aliphatic rings. The molecule has 4 heteroatoms. The van der Waals surface area contributed by atoms with Crippen molar-refractivity contribution in [2.75, 3.05) is 20.6 Å². The van der Waals surface area contributed by atoms with E-state index in [1.54, 1.807) is 7.05 Å². The Bertz CT molecular complexity index is 265. The van der Waals surface area contributed by atoms with Crippen LogP contribution in [0.4, 0.5) is 0 Å². The molecular weight excluding hydrogens is 214 g/mol. The minimum absolute atomic E-state index is 0.274. The largest absolute Gasteiger partial charge is 0.368 e. The maximum Gasteiger partial charge on any atom is 0.237 e. The zero-order valence-corrected chi connectivity index (χ0v) is 11.6. The van der Waals surface area contributed by atoms with Crippen LogP contribution in [0.3, 0.4) is 0 Å². The molecule has 1 saturated carbocycles. The molecule has 0 aromatic heterocycles. The number of carbonyl (C=O) groups is 1. The average Bonchev–Trinajstić information content (AvgIpc) is 2.22. The highest BCUT2D eigenvalue weighted by molar-refractivity contribution is 5.84. The van der Waals surface area contributed by atoms with Crippen molar-refractivity contribution in [2.24, 2.45) is 11.7 Å². The van der Waals surface area contributed by atoms with Gasteiger partial charge in [0.25, 0.3) is 0 Å². The second-order valence-corrected chi connectivity index (χ2v) is 5.74. The number of nitrogens with two attached hydrogens (primary N) is 1. The molecular formula is C13H27N3O. The van der Waals surface area contributed by atoms with E-state index in [1.165, 1.54) is 19.3 Å². The summed E-state index contributed by atoms with van der Waals surface area (Å²) in [4.78, 5) is 13.8. The molecule has 1 aliphatic carbocycles. The van der Waals surface area contributed by atoms with E-state index in [0.29, 0.717) is 6.04 Å². The molecule has 0 aliphatic heterocycles. The Hall–Kier alpha value is -0.610. The molecule has 2 atom stereocenters. The number of hydrogen-bond donors (Lipinski definition) is 2. The zero-order chi connectivity index (χ0) is 13.1. The summed E-state index contributed by atoms with van der Waals surface area (Å²) in [5.74, 6) is 0.584. The lowest BCUT2D eigenvalue weighted by atomic mass is 9.84. The second kappa shape index (κ2) is 5.83. The molecule has 100 valence electrons. The van der Waals surface area contributed by atoms with Crippen molar-refractivity contribution >= 4 is 5.91 Å². The first-order valence-electron chi connectivity index (χ1n) is 6.58. The van der Waals surface area contributed by atoms with E-state index in [4.69, 9.17) is 5.73 Å². The topological polar surface area (TPSA) is 58.4 Å². The van der Waals surface area contributed by atoms with E-state index in [2.05, 4.69) is 24.2 Å². The van der Waals surface area contributed by atoms with E-state index in [-0.39, 0.29) is 5.91 Å². The Balaban J connectivity index is 2.45. The second-order valence-electron chi connectivity index (χ2n) is 5.74. The van der Waals surface area contributed by atoms with Gasteiger partial charge in [0.1, 0.15) is 0 Å². The van der Waals surface area contributed by atoms with Crippen LogP contribution in [0.5, 0.6) is 0 Å². The number of nitrogens with zero attached hydrogens (tertiary/aromatic N) is 1. The van der Waals surface area contributed by atoms with Gasteiger partial charge in [0, 0.05) is 12.6 Å². The molecule has 4 nitrogen and oxygen atoms in total. The lowest BCUT2D eigenvalue weighted by Crippen LogP contribution is -2.55. The highest BCUT2D eigenvalue weighted by Gasteiger charge is 2.32. The molecule has 1 fully saturated rings. The molecule has 0 aromatic carbocycles. The molecule has 0 saturated heterocycles. The molecule has 0 aromatic rings. The molecule has 0 radical (unpaired) electrons. The third-order valence-electron chi connectivity index (χ3n) is 4.32. The van der Waals surface area contributed by atoms with Gasteiger partial charge < -0.3 is 16.0 Å². The van der Waals surface area contributed by atoms with Crippen molar-refractivity contribution in [1.82, 2.24) is 10.2 Å². The minimum atomic E-state index is -0.604. The van der Waals surface area contributed by atoms with Crippen LogP contribution in [-0.2, 0) is 4.79 Å². The van der Waals surface area contributed by atoms with E-state index in [1.807, 2.05) is 6.92 Å². The van der Waals surface area contributed by atoms with Gasteiger partial charge in [-0.1, -0.05) is 6.42 Å². The Morgan fingerprint density at radius 2 is 2.18 bits per heavy atom. The normalized spacial score (nSPS) is 21.9. The quantitative estimate of drug-likeness (QED) is 0.698. The van der Waals surface area contributed by atoms with Crippen LogP contribution in [-0.4, -0.2) is 43.0 Å². The van der Waals surface area contributed by atoms with E-state index in [9.17, 15) is 4.79 Å². The van der Waals surface area contributed by atoms with Gasteiger partial charge in [-0.15, -0.1) is 0 Å². The Kier molecular flexibility index (Phi) is 4.95. The molecule has 2 unspecified atom stereocenters.